The molecule has 26 heavy (non-hydrogen) atoms. The maximum Gasteiger partial charge on any atom is 0.267 e. The third-order valence-corrected chi connectivity index (χ3v) is 3.89. The molecule has 0 radical (unpaired) electrons. The SMILES string of the molecule is CC(C(=O)Nc1cc(Cl)ccc1C#N)n1nc(-n2cccn2)ccc1=O. The molecular formula is C17H13ClN6O2. The first kappa shape index (κ1) is 17.4. The van der Waals surface area contributed by atoms with Gasteiger partial charge in [-0.15, -0.1) is 5.10 Å². The van der Waals surface area contributed by atoms with Crippen LogP contribution in [0.1, 0.15) is 18.5 Å². The highest BCUT2D eigenvalue weighted by molar-refractivity contribution is 6.31. The van der Waals surface area contributed by atoms with Crippen LogP contribution in [-0.2, 0) is 4.79 Å². The number of hydrogen-bond donors (Lipinski definition) is 1. The van der Waals surface area contributed by atoms with E-state index in [2.05, 4.69) is 15.5 Å². The van der Waals surface area contributed by atoms with E-state index in [0.29, 0.717) is 10.8 Å². The molecule has 1 aromatic carbocycles. The fraction of sp³-hybridized carbons (Fsp3) is 0.118. The Balaban J connectivity index is 1.90. The first-order valence-corrected chi connectivity index (χ1v) is 7.98. The minimum Gasteiger partial charge on any atom is -0.323 e. The summed E-state index contributed by atoms with van der Waals surface area (Å²) >= 11 is 5.92. The molecule has 1 atom stereocenters. The van der Waals surface area contributed by atoms with Crippen molar-refractivity contribution in [1.29, 1.82) is 5.26 Å². The van der Waals surface area contributed by atoms with Gasteiger partial charge in [0.25, 0.3) is 5.56 Å². The Kier molecular flexibility index (Phi) is 4.82. The molecule has 1 unspecified atom stereocenters. The highest BCUT2D eigenvalue weighted by Crippen LogP contribution is 2.21. The number of carbonyl (C=O) groups is 1. The lowest BCUT2D eigenvalue weighted by molar-refractivity contribution is -0.119. The number of rotatable bonds is 4. The summed E-state index contributed by atoms with van der Waals surface area (Å²) < 4.78 is 2.54. The molecule has 8 nitrogen and oxygen atoms in total. The summed E-state index contributed by atoms with van der Waals surface area (Å²) in [4.78, 5) is 24.7. The van der Waals surface area contributed by atoms with Gasteiger partial charge in [0.2, 0.25) is 5.91 Å². The lowest BCUT2D eigenvalue weighted by Crippen LogP contribution is -2.33. The molecule has 3 aromatic rings. The van der Waals surface area contributed by atoms with Crippen LogP contribution in [0.5, 0.6) is 0 Å². The summed E-state index contributed by atoms with van der Waals surface area (Å²) in [6.07, 6.45) is 3.25. The summed E-state index contributed by atoms with van der Waals surface area (Å²) in [6, 6.07) is 10.1. The third kappa shape index (κ3) is 3.48. The monoisotopic (exact) mass is 368 g/mol. The normalized spacial score (nSPS) is 11.6. The minimum absolute atomic E-state index is 0.264. The van der Waals surface area contributed by atoms with Crippen LogP contribution in [0.4, 0.5) is 5.69 Å². The molecule has 0 saturated heterocycles. The number of carbonyl (C=O) groups excluding carboxylic acids is 1. The van der Waals surface area contributed by atoms with E-state index in [1.54, 1.807) is 24.5 Å². The van der Waals surface area contributed by atoms with E-state index in [9.17, 15) is 9.59 Å². The number of anilines is 1. The van der Waals surface area contributed by atoms with Gasteiger partial charge in [-0.2, -0.15) is 10.4 Å². The van der Waals surface area contributed by atoms with Crippen molar-refractivity contribution in [2.75, 3.05) is 5.32 Å². The van der Waals surface area contributed by atoms with Gasteiger partial charge < -0.3 is 5.32 Å². The fourth-order valence-corrected chi connectivity index (χ4v) is 2.46. The molecule has 0 spiro atoms. The molecule has 2 aromatic heterocycles. The van der Waals surface area contributed by atoms with Gasteiger partial charge in [0.15, 0.2) is 5.82 Å². The second-order valence-electron chi connectivity index (χ2n) is 5.39. The molecular weight excluding hydrogens is 356 g/mol. The number of benzene rings is 1. The number of nitrogens with zero attached hydrogens (tertiary/aromatic N) is 5. The van der Waals surface area contributed by atoms with Crippen LogP contribution in [0.15, 0.2) is 53.6 Å². The van der Waals surface area contributed by atoms with Crippen LogP contribution >= 0.6 is 11.6 Å². The highest BCUT2D eigenvalue weighted by Gasteiger charge is 2.19. The summed E-state index contributed by atoms with van der Waals surface area (Å²) in [5.41, 5.74) is 0.101. The predicted octanol–water partition coefficient (Wildman–Crippen LogP) is 2.15. The van der Waals surface area contributed by atoms with Gasteiger partial charge in [0.05, 0.1) is 11.3 Å². The molecule has 0 aliphatic heterocycles. The van der Waals surface area contributed by atoms with Crippen molar-refractivity contribution in [3.05, 3.63) is 69.7 Å². The second kappa shape index (κ2) is 7.21. The topological polar surface area (TPSA) is 106 Å². The number of nitrogens with one attached hydrogen (secondary N) is 1. The van der Waals surface area contributed by atoms with E-state index in [-0.39, 0.29) is 11.3 Å². The Morgan fingerprint density at radius 1 is 1.35 bits per heavy atom. The lowest BCUT2D eigenvalue weighted by Gasteiger charge is -2.15. The van der Waals surface area contributed by atoms with Crippen molar-refractivity contribution < 1.29 is 4.79 Å². The van der Waals surface area contributed by atoms with Crippen molar-refractivity contribution in [2.24, 2.45) is 0 Å². The molecule has 1 amide bonds. The second-order valence-corrected chi connectivity index (χ2v) is 5.83. The quantitative estimate of drug-likeness (QED) is 0.759. The molecule has 3 rings (SSSR count). The molecule has 2 heterocycles. The van der Waals surface area contributed by atoms with Gasteiger partial charge >= 0.3 is 0 Å². The molecule has 0 aliphatic carbocycles. The van der Waals surface area contributed by atoms with Crippen molar-refractivity contribution in [2.45, 2.75) is 13.0 Å². The van der Waals surface area contributed by atoms with Gasteiger partial charge in [-0.3, -0.25) is 9.59 Å². The van der Waals surface area contributed by atoms with E-state index in [4.69, 9.17) is 16.9 Å². The average molecular weight is 369 g/mol. The number of halogens is 1. The molecule has 130 valence electrons. The Labute approximate surface area is 153 Å². The third-order valence-electron chi connectivity index (χ3n) is 3.66. The van der Waals surface area contributed by atoms with Crippen LogP contribution in [0.3, 0.4) is 0 Å². The largest absolute Gasteiger partial charge is 0.323 e. The summed E-state index contributed by atoms with van der Waals surface area (Å²) in [7, 11) is 0. The molecule has 1 N–H and O–H groups in total. The van der Waals surface area contributed by atoms with Gasteiger partial charge in [-0.05, 0) is 37.3 Å². The van der Waals surface area contributed by atoms with Crippen LogP contribution < -0.4 is 10.9 Å². The molecule has 0 fully saturated rings. The summed E-state index contributed by atoms with van der Waals surface area (Å²) in [6.45, 7) is 1.53. The smallest absolute Gasteiger partial charge is 0.267 e. The fourth-order valence-electron chi connectivity index (χ4n) is 2.28. The number of nitriles is 1. The van der Waals surface area contributed by atoms with Crippen LogP contribution in [0, 0.1) is 11.3 Å². The van der Waals surface area contributed by atoms with Crippen molar-refractivity contribution >= 4 is 23.2 Å². The van der Waals surface area contributed by atoms with E-state index in [1.165, 1.54) is 35.9 Å². The Morgan fingerprint density at radius 3 is 2.85 bits per heavy atom. The zero-order chi connectivity index (χ0) is 18.7. The van der Waals surface area contributed by atoms with E-state index >= 15 is 0 Å². The van der Waals surface area contributed by atoms with Crippen molar-refractivity contribution in [1.82, 2.24) is 19.6 Å². The molecule has 0 bridgehead atoms. The average Bonchev–Trinajstić information content (AvgIpc) is 3.16. The van der Waals surface area contributed by atoms with Crippen LogP contribution in [-0.4, -0.2) is 25.5 Å². The van der Waals surface area contributed by atoms with E-state index in [0.717, 1.165) is 4.68 Å². The highest BCUT2D eigenvalue weighted by atomic mass is 35.5. The van der Waals surface area contributed by atoms with Crippen LogP contribution in [0.25, 0.3) is 5.82 Å². The number of amides is 1. The molecule has 0 saturated carbocycles. The van der Waals surface area contributed by atoms with Crippen molar-refractivity contribution in [3.8, 4) is 11.9 Å². The standard InChI is InChI=1S/C17H13ClN6O2/c1-11(17(26)21-14-9-13(18)4-3-12(14)10-19)24-16(25)6-5-15(22-24)23-8-2-7-20-23/h2-9,11H,1H3,(H,21,26). The van der Waals surface area contributed by atoms with E-state index in [1.807, 2.05) is 6.07 Å². The first-order chi connectivity index (χ1) is 12.5. The maximum absolute atomic E-state index is 12.6. The summed E-state index contributed by atoms with van der Waals surface area (Å²) in [5, 5.41) is 20.4. The van der Waals surface area contributed by atoms with Gasteiger partial charge in [-0.25, -0.2) is 9.36 Å². The van der Waals surface area contributed by atoms with Gasteiger partial charge in [-0.1, -0.05) is 11.6 Å². The zero-order valence-corrected chi connectivity index (χ0v) is 14.4. The van der Waals surface area contributed by atoms with Gasteiger partial charge in [0.1, 0.15) is 12.1 Å². The number of hydrogen-bond acceptors (Lipinski definition) is 5. The first-order valence-electron chi connectivity index (χ1n) is 7.60. The number of aromatic nitrogens is 4. The van der Waals surface area contributed by atoms with Crippen molar-refractivity contribution in [3.63, 3.8) is 0 Å². The Morgan fingerprint density at radius 2 is 2.15 bits per heavy atom. The predicted molar refractivity (Wildman–Crippen MR) is 95.1 cm³/mol. The lowest BCUT2D eigenvalue weighted by atomic mass is 10.2. The Bertz CT molecular complexity index is 1050. The van der Waals surface area contributed by atoms with Gasteiger partial charge in [0, 0.05) is 23.5 Å². The Hall–Kier alpha value is -3.44. The minimum atomic E-state index is -0.913. The van der Waals surface area contributed by atoms with Crippen LogP contribution in [0.2, 0.25) is 5.02 Å². The molecule has 0 aliphatic rings. The van der Waals surface area contributed by atoms with E-state index < -0.39 is 17.5 Å². The zero-order valence-electron chi connectivity index (χ0n) is 13.6. The maximum atomic E-state index is 12.6. The molecule has 9 heteroatoms. The summed E-state index contributed by atoms with van der Waals surface area (Å²) in [5.74, 6) is -0.106.